The minimum absolute atomic E-state index is 0.153. The van der Waals surface area contributed by atoms with Gasteiger partial charge in [0.2, 0.25) is 11.6 Å². The number of H-pyrrole nitrogens is 1. The average Bonchev–Trinajstić information content (AvgIpc) is 3.38. The van der Waals surface area contributed by atoms with Crippen LogP contribution in [0.3, 0.4) is 0 Å². The Hall–Kier alpha value is -4.02. The van der Waals surface area contributed by atoms with Crippen LogP contribution in [0.2, 0.25) is 0 Å². The van der Waals surface area contributed by atoms with E-state index in [-0.39, 0.29) is 18.0 Å². The number of hydrogen-bond donors (Lipinski definition) is 1. The molecule has 0 saturated carbocycles. The van der Waals surface area contributed by atoms with Crippen LogP contribution in [0.4, 0.5) is 0 Å². The van der Waals surface area contributed by atoms with Crippen LogP contribution in [0.1, 0.15) is 23.3 Å². The summed E-state index contributed by atoms with van der Waals surface area (Å²) in [6.45, 7) is 1.06. The first kappa shape index (κ1) is 23.1. The smallest absolute Gasteiger partial charge is 0.319 e. The van der Waals surface area contributed by atoms with E-state index < -0.39 is 0 Å². The minimum atomic E-state index is -0.185. The highest BCUT2D eigenvalue weighted by atomic mass is 16.5. The molecule has 1 fully saturated rings. The average molecular weight is 469 g/mol. The molecule has 11 nitrogen and oxygen atoms in total. The number of nitrogens with one attached hydrogen (secondary N) is 1. The largest absolute Gasteiger partial charge is 0.493 e. The van der Waals surface area contributed by atoms with Crippen LogP contribution in [0.5, 0.6) is 29.1 Å². The molecule has 11 heteroatoms. The summed E-state index contributed by atoms with van der Waals surface area (Å²) in [5.74, 6) is 1.76. The van der Waals surface area contributed by atoms with Crippen LogP contribution in [0.25, 0.3) is 11.3 Å². The van der Waals surface area contributed by atoms with Crippen molar-refractivity contribution in [2.45, 2.75) is 18.9 Å². The molecule has 0 radical (unpaired) electrons. The Kier molecular flexibility index (Phi) is 7.00. The van der Waals surface area contributed by atoms with Gasteiger partial charge in [0.1, 0.15) is 11.8 Å². The molecular formula is C23H27N5O6. The molecule has 1 atom stereocenters. The van der Waals surface area contributed by atoms with Crippen molar-refractivity contribution in [2.75, 3.05) is 41.5 Å². The van der Waals surface area contributed by atoms with Crippen LogP contribution in [0, 0.1) is 0 Å². The van der Waals surface area contributed by atoms with Gasteiger partial charge in [-0.15, -0.1) is 0 Å². The van der Waals surface area contributed by atoms with Crippen molar-refractivity contribution < 1.29 is 28.5 Å². The minimum Gasteiger partial charge on any atom is -0.493 e. The molecule has 0 spiro atoms. The van der Waals surface area contributed by atoms with Gasteiger partial charge < -0.3 is 28.6 Å². The summed E-state index contributed by atoms with van der Waals surface area (Å²) in [7, 11) is 6.14. The lowest BCUT2D eigenvalue weighted by Gasteiger charge is -2.32. The van der Waals surface area contributed by atoms with E-state index in [9.17, 15) is 4.79 Å². The first-order valence-corrected chi connectivity index (χ1v) is 10.7. The molecule has 1 aromatic carbocycles. The topological polar surface area (TPSA) is 121 Å². The van der Waals surface area contributed by atoms with E-state index in [0.717, 1.165) is 18.4 Å². The van der Waals surface area contributed by atoms with Crippen LogP contribution in [-0.4, -0.2) is 78.6 Å². The molecule has 0 bridgehead atoms. The fraction of sp³-hybridized carbons (Fsp3) is 0.391. The number of likely N-dealkylation sites (tertiary alicyclic amines) is 1. The van der Waals surface area contributed by atoms with Crippen molar-refractivity contribution in [3.05, 3.63) is 36.2 Å². The number of carbonyl (C=O) groups excluding carboxylic acids is 1. The lowest BCUT2D eigenvalue weighted by Crippen LogP contribution is -2.44. The van der Waals surface area contributed by atoms with Crippen LogP contribution < -0.4 is 23.7 Å². The van der Waals surface area contributed by atoms with Crippen LogP contribution >= 0.6 is 0 Å². The van der Waals surface area contributed by atoms with Gasteiger partial charge in [0.25, 0.3) is 5.91 Å². The molecule has 34 heavy (non-hydrogen) atoms. The second kappa shape index (κ2) is 10.3. The van der Waals surface area contributed by atoms with Gasteiger partial charge in [0.05, 0.1) is 40.7 Å². The number of ether oxygens (including phenoxy) is 5. The summed E-state index contributed by atoms with van der Waals surface area (Å²) < 4.78 is 27.2. The number of aromatic amines is 1. The van der Waals surface area contributed by atoms with E-state index in [4.69, 9.17) is 23.7 Å². The Morgan fingerprint density at radius 1 is 1.06 bits per heavy atom. The number of aromatic nitrogens is 4. The first-order chi connectivity index (χ1) is 16.6. The number of hydrogen-bond acceptors (Lipinski definition) is 9. The summed E-state index contributed by atoms with van der Waals surface area (Å²) in [4.78, 5) is 23.1. The third kappa shape index (κ3) is 4.82. The predicted octanol–water partition coefficient (Wildman–Crippen LogP) is 2.58. The zero-order chi connectivity index (χ0) is 24.1. The Morgan fingerprint density at radius 2 is 1.82 bits per heavy atom. The summed E-state index contributed by atoms with van der Waals surface area (Å²) in [5, 5.41) is 7.18. The van der Waals surface area contributed by atoms with Gasteiger partial charge in [-0.2, -0.15) is 10.1 Å². The molecule has 1 N–H and O–H groups in total. The monoisotopic (exact) mass is 469 g/mol. The molecule has 1 unspecified atom stereocenters. The van der Waals surface area contributed by atoms with E-state index >= 15 is 0 Å². The highest BCUT2D eigenvalue weighted by molar-refractivity contribution is 5.93. The highest BCUT2D eigenvalue weighted by Crippen LogP contribution is 2.40. The van der Waals surface area contributed by atoms with Crippen molar-refractivity contribution in [1.29, 1.82) is 0 Å². The molecule has 1 saturated heterocycles. The summed E-state index contributed by atoms with van der Waals surface area (Å²) in [6, 6.07) is 7.18. The van der Waals surface area contributed by atoms with Gasteiger partial charge in [-0.3, -0.25) is 9.89 Å². The van der Waals surface area contributed by atoms with Gasteiger partial charge in [-0.1, -0.05) is 0 Å². The zero-order valence-electron chi connectivity index (χ0n) is 19.5. The molecule has 3 heterocycles. The second-order valence-electron chi connectivity index (χ2n) is 7.60. The summed E-state index contributed by atoms with van der Waals surface area (Å²) in [6.07, 6.45) is 3.01. The van der Waals surface area contributed by atoms with Crippen molar-refractivity contribution >= 4 is 5.91 Å². The molecule has 1 aliphatic rings. The lowest BCUT2D eigenvalue weighted by molar-refractivity contribution is 0.0520. The Balaban J connectivity index is 1.48. The summed E-state index contributed by atoms with van der Waals surface area (Å²) >= 11 is 0. The Morgan fingerprint density at radius 3 is 2.50 bits per heavy atom. The molecule has 4 rings (SSSR count). The number of amides is 1. The predicted molar refractivity (Wildman–Crippen MR) is 122 cm³/mol. The molecule has 2 aromatic heterocycles. The first-order valence-electron chi connectivity index (χ1n) is 10.7. The number of methoxy groups -OCH3 is 4. The fourth-order valence-corrected chi connectivity index (χ4v) is 3.86. The van der Waals surface area contributed by atoms with Crippen LogP contribution in [-0.2, 0) is 0 Å². The van der Waals surface area contributed by atoms with Gasteiger partial charge in [0, 0.05) is 24.4 Å². The van der Waals surface area contributed by atoms with Crippen molar-refractivity contribution in [2.24, 2.45) is 0 Å². The molecular weight excluding hydrogens is 442 g/mol. The van der Waals surface area contributed by atoms with E-state index in [2.05, 4.69) is 20.2 Å². The van der Waals surface area contributed by atoms with Crippen LogP contribution in [0.15, 0.2) is 30.5 Å². The highest BCUT2D eigenvalue weighted by Gasteiger charge is 2.27. The third-order valence-corrected chi connectivity index (χ3v) is 5.51. The van der Waals surface area contributed by atoms with Gasteiger partial charge >= 0.3 is 6.01 Å². The molecule has 3 aromatic rings. The quantitative estimate of drug-likeness (QED) is 0.530. The number of piperidine rings is 1. The van der Waals surface area contributed by atoms with Crippen molar-refractivity contribution in [1.82, 2.24) is 25.1 Å². The third-order valence-electron chi connectivity index (χ3n) is 5.51. The number of nitrogens with zero attached hydrogens (tertiary/aromatic N) is 4. The van der Waals surface area contributed by atoms with Gasteiger partial charge in [-0.25, -0.2) is 4.98 Å². The normalized spacial score (nSPS) is 15.5. The Labute approximate surface area is 197 Å². The Bertz CT molecular complexity index is 1130. The van der Waals surface area contributed by atoms with Crippen molar-refractivity contribution in [3.8, 4) is 40.4 Å². The van der Waals surface area contributed by atoms with Gasteiger partial charge in [0.15, 0.2) is 11.5 Å². The van der Waals surface area contributed by atoms with E-state index in [1.165, 1.54) is 7.11 Å². The number of rotatable bonds is 8. The van der Waals surface area contributed by atoms with Crippen molar-refractivity contribution in [3.63, 3.8) is 0 Å². The molecule has 0 aliphatic carbocycles. The maximum Gasteiger partial charge on any atom is 0.319 e. The SMILES string of the molecule is COc1nccc(OC2CCCN(C(=O)c3cc(-c4cc(OC)c(OC)c(OC)c4)n[nH]3)C2)n1. The molecule has 1 amide bonds. The van der Waals surface area contributed by atoms with Gasteiger partial charge in [-0.05, 0) is 31.0 Å². The maximum absolute atomic E-state index is 13.2. The molecule has 1 aliphatic heterocycles. The maximum atomic E-state index is 13.2. The number of carbonyl (C=O) groups is 1. The summed E-state index contributed by atoms with van der Waals surface area (Å²) in [5.41, 5.74) is 1.69. The fourth-order valence-electron chi connectivity index (χ4n) is 3.86. The van der Waals surface area contributed by atoms with E-state index in [1.807, 2.05) is 0 Å². The second-order valence-corrected chi connectivity index (χ2v) is 7.60. The lowest BCUT2D eigenvalue weighted by atomic mass is 10.1. The van der Waals surface area contributed by atoms with E-state index in [0.29, 0.717) is 47.6 Å². The van der Waals surface area contributed by atoms with E-state index in [1.54, 1.807) is 56.7 Å². The number of benzene rings is 1. The zero-order valence-corrected chi connectivity index (χ0v) is 19.5. The standard InChI is InChI=1S/C23H27N5O6/c1-30-18-10-14(11-19(31-2)21(18)32-3)16-12-17(27-26-16)22(29)28-9-5-6-15(13-28)34-20-7-8-24-23(25-20)33-4/h7-8,10-12,15H,5-6,9,13H2,1-4H3,(H,26,27). The molecule has 180 valence electrons.